The minimum Gasteiger partial charge on any atom is -0.469 e. The van der Waals surface area contributed by atoms with Gasteiger partial charge in [-0.2, -0.15) is 0 Å². The highest BCUT2D eigenvalue weighted by molar-refractivity contribution is 6.31. The Bertz CT molecular complexity index is 399. The van der Waals surface area contributed by atoms with Crippen molar-refractivity contribution in [2.75, 3.05) is 7.11 Å². The van der Waals surface area contributed by atoms with E-state index in [1.165, 1.54) is 7.11 Å². The van der Waals surface area contributed by atoms with Gasteiger partial charge in [-0.05, 0) is 30.9 Å². The van der Waals surface area contributed by atoms with E-state index in [1.807, 2.05) is 38.1 Å². The summed E-state index contributed by atoms with van der Waals surface area (Å²) in [5, 5.41) is 18.1. The van der Waals surface area contributed by atoms with Crippen molar-refractivity contribution in [3.05, 3.63) is 34.9 Å². The number of rotatable bonds is 5. The highest BCUT2D eigenvalue weighted by Gasteiger charge is 2.15. The Balaban J connectivity index is 0. The smallest absolute Gasteiger partial charge is 0.305 e. The highest BCUT2D eigenvalue weighted by Crippen LogP contribution is 2.16. The van der Waals surface area contributed by atoms with Crippen LogP contribution in [0.5, 0.6) is 0 Å². The number of methoxy groups -OCH3 is 1. The molecule has 22 heavy (non-hydrogen) atoms. The second-order valence-corrected chi connectivity index (χ2v) is 4.76. The molecule has 0 heterocycles. The minimum atomic E-state index is -1.42. The van der Waals surface area contributed by atoms with Gasteiger partial charge in [0.15, 0.2) is 5.79 Å². The van der Waals surface area contributed by atoms with Crippen LogP contribution in [0.3, 0.4) is 0 Å². The third-order valence-corrected chi connectivity index (χ3v) is 3.29. The first-order chi connectivity index (χ1) is 10.4. The van der Waals surface area contributed by atoms with Crippen LogP contribution >= 0.6 is 11.6 Å². The highest BCUT2D eigenvalue weighted by atomic mass is 35.5. The Morgan fingerprint density at radius 1 is 1.18 bits per heavy atom. The molecule has 1 rings (SSSR count). The summed E-state index contributed by atoms with van der Waals surface area (Å²) in [4.78, 5) is 10.8. The molecular formula is C17H29ClO4. The molecule has 4 nitrogen and oxygen atoms in total. The summed E-state index contributed by atoms with van der Waals surface area (Å²) in [5.74, 6) is -1.63. The monoisotopic (exact) mass is 332 g/mol. The zero-order chi connectivity index (χ0) is 17.6. The standard InChI is InChI=1S/C10H11ClO2.C5H12O2.C2H6/c1-13-10(12)7-6-8-4-2-3-5-9(8)11;1-3-5(6,7)4-2;1-2/h2-5H,6-7H2,1H3;6-7H,3-4H2,1-2H3;1-2H3. The number of carbonyl (C=O) groups is 1. The number of halogens is 1. The van der Waals surface area contributed by atoms with Gasteiger partial charge in [0.2, 0.25) is 0 Å². The van der Waals surface area contributed by atoms with Crippen LogP contribution in [-0.2, 0) is 16.0 Å². The van der Waals surface area contributed by atoms with E-state index in [9.17, 15) is 4.79 Å². The first-order valence-corrected chi connectivity index (χ1v) is 7.99. The summed E-state index contributed by atoms with van der Waals surface area (Å²) < 4.78 is 4.53. The van der Waals surface area contributed by atoms with E-state index < -0.39 is 5.79 Å². The van der Waals surface area contributed by atoms with Gasteiger partial charge in [0.1, 0.15) is 0 Å². The fourth-order valence-corrected chi connectivity index (χ4v) is 1.52. The van der Waals surface area contributed by atoms with Gasteiger partial charge in [0.05, 0.1) is 7.11 Å². The molecule has 0 aliphatic heterocycles. The molecule has 128 valence electrons. The largest absolute Gasteiger partial charge is 0.469 e. The summed E-state index contributed by atoms with van der Waals surface area (Å²) in [6, 6.07) is 7.49. The van der Waals surface area contributed by atoms with E-state index in [4.69, 9.17) is 21.8 Å². The number of ether oxygens (including phenoxy) is 1. The van der Waals surface area contributed by atoms with Gasteiger partial charge in [-0.3, -0.25) is 4.79 Å². The summed E-state index contributed by atoms with van der Waals surface area (Å²) >= 11 is 5.90. The van der Waals surface area contributed by atoms with E-state index >= 15 is 0 Å². The molecule has 0 unspecified atom stereocenters. The van der Waals surface area contributed by atoms with Crippen LogP contribution in [-0.4, -0.2) is 29.1 Å². The molecule has 0 amide bonds. The van der Waals surface area contributed by atoms with E-state index in [0.717, 1.165) is 5.56 Å². The fraction of sp³-hybridized carbons (Fsp3) is 0.588. The van der Waals surface area contributed by atoms with Crippen LogP contribution in [0.4, 0.5) is 0 Å². The van der Waals surface area contributed by atoms with E-state index in [2.05, 4.69) is 4.74 Å². The second kappa shape index (κ2) is 13.6. The molecule has 1 aromatic rings. The second-order valence-electron chi connectivity index (χ2n) is 4.36. The lowest BCUT2D eigenvalue weighted by atomic mass is 10.1. The lowest BCUT2D eigenvalue weighted by Crippen LogP contribution is -2.24. The summed E-state index contributed by atoms with van der Waals surface area (Å²) in [6.45, 7) is 7.48. The molecule has 0 fully saturated rings. The van der Waals surface area contributed by atoms with Crippen LogP contribution in [0.25, 0.3) is 0 Å². The van der Waals surface area contributed by atoms with E-state index in [1.54, 1.807) is 13.8 Å². The van der Waals surface area contributed by atoms with Crippen LogP contribution in [0.2, 0.25) is 5.02 Å². The third kappa shape index (κ3) is 11.5. The van der Waals surface area contributed by atoms with Gasteiger partial charge in [0, 0.05) is 11.4 Å². The normalized spacial score (nSPS) is 9.82. The number of benzene rings is 1. The molecule has 0 aromatic heterocycles. The molecule has 1 aromatic carbocycles. The Labute approximate surface area is 139 Å². The van der Waals surface area contributed by atoms with Crippen molar-refractivity contribution in [2.24, 2.45) is 0 Å². The average Bonchev–Trinajstić information content (AvgIpc) is 2.56. The number of esters is 1. The molecule has 2 N–H and O–H groups in total. The lowest BCUT2D eigenvalue weighted by molar-refractivity contribution is -0.163. The first kappa shape index (κ1) is 23.2. The van der Waals surface area contributed by atoms with Crippen molar-refractivity contribution in [2.45, 2.75) is 59.2 Å². The van der Waals surface area contributed by atoms with Crippen LogP contribution in [0.1, 0.15) is 52.5 Å². The zero-order valence-electron chi connectivity index (χ0n) is 14.2. The molecule has 0 atom stereocenters. The predicted molar refractivity (Wildman–Crippen MR) is 90.9 cm³/mol. The van der Waals surface area contributed by atoms with Crippen molar-refractivity contribution >= 4 is 17.6 Å². The van der Waals surface area contributed by atoms with Gasteiger partial charge in [0.25, 0.3) is 0 Å². The summed E-state index contributed by atoms with van der Waals surface area (Å²) in [7, 11) is 1.38. The maximum atomic E-state index is 10.8. The Morgan fingerprint density at radius 3 is 2.05 bits per heavy atom. The van der Waals surface area contributed by atoms with Crippen molar-refractivity contribution in [1.29, 1.82) is 0 Å². The number of aliphatic hydroxyl groups is 2. The maximum absolute atomic E-state index is 10.8. The minimum absolute atomic E-state index is 0.208. The van der Waals surface area contributed by atoms with Crippen LogP contribution in [0.15, 0.2) is 24.3 Å². The van der Waals surface area contributed by atoms with Crippen LogP contribution in [0, 0.1) is 0 Å². The van der Waals surface area contributed by atoms with Crippen LogP contribution < -0.4 is 0 Å². The zero-order valence-corrected chi connectivity index (χ0v) is 15.0. The van der Waals surface area contributed by atoms with Gasteiger partial charge < -0.3 is 14.9 Å². The Morgan fingerprint density at radius 2 is 1.68 bits per heavy atom. The predicted octanol–water partition coefficient (Wildman–Crippen LogP) is 3.96. The van der Waals surface area contributed by atoms with Gasteiger partial charge in [-0.15, -0.1) is 0 Å². The molecule has 0 radical (unpaired) electrons. The Kier molecular flexibility index (Phi) is 14.3. The van der Waals surface area contributed by atoms with Gasteiger partial charge in [-0.1, -0.05) is 57.5 Å². The SMILES string of the molecule is CC.CCC(O)(O)CC.COC(=O)CCc1ccccc1Cl. The Hall–Kier alpha value is -1.10. The molecule has 0 aliphatic carbocycles. The van der Waals surface area contributed by atoms with E-state index in [0.29, 0.717) is 30.7 Å². The lowest BCUT2D eigenvalue weighted by Gasteiger charge is -2.15. The molecule has 0 spiro atoms. The number of aryl methyl sites for hydroxylation is 1. The fourth-order valence-electron chi connectivity index (χ4n) is 1.29. The third-order valence-electron chi connectivity index (χ3n) is 2.92. The van der Waals surface area contributed by atoms with E-state index in [-0.39, 0.29) is 5.97 Å². The first-order valence-electron chi connectivity index (χ1n) is 7.61. The van der Waals surface area contributed by atoms with Crippen molar-refractivity contribution in [3.63, 3.8) is 0 Å². The number of carbonyl (C=O) groups excluding carboxylic acids is 1. The summed E-state index contributed by atoms with van der Waals surface area (Å²) in [5.41, 5.74) is 0.981. The number of hydrogen-bond acceptors (Lipinski definition) is 4. The van der Waals surface area contributed by atoms with Crippen molar-refractivity contribution < 1.29 is 19.7 Å². The van der Waals surface area contributed by atoms with Gasteiger partial charge in [-0.25, -0.2) is 0 Å². The molecule has 5 heteroatoms. The molecule has 0 aliphatic rings. The number of hydrogen-bond donors (Lipinski definition) is 2. The summed E-state index contributed by atoms with van der Waals surface area (Å²) in [6.07, 6.45) is 1.82. The molecule has 0 bridgehead atoms. The molecule has 0 saturated carbocycles. The molecule has 0 saturated heterocycles. The topological polar surface area (TPSA) is 66.8 Å². The quantitative estimate of drug-likeness (QED) is 0.632. The average molecular weight is 333 g/mol. The maximum Gasteiger partial charge on any atom is 0.305 e. The van der Waals surface area contributed by atoms with Gasteiger partial charge >= 0.3 is 5.97 Å². The van der Waals surface area contributed by atoms with Crippen molar-refractivity contribution in [3.8, 4) is 0 Å². The van der Waals surface area contributed by atoms with Crippen molar-refractivity contribution in [1.82, 2.24) is 0 Å². The molecular weight excluding hydrogens is 304 g/mol.